The standard InChI is InChI=1S/C28H45NO2/c1-4-5-6-7-8-9-10-11-12-13-14-15-16-17-22-26(30)24-20-18-19-21-25(24)27-29-28(2,3)23-31-27/h18-21H,4-17,22-23H2,1-3H3. The molecule has 0 atom stereocenters. The zero-order valence-corrected chi connectivity index (χ0v) is 20.4. The lowest BCUT2D eigenvalue weighted by molar-refractivity contribution is 0.0978. The Balaban J connectivity index is 1.55. The van der Waals surface area contributed by atoms with Crippen LogP contribution in [0.1, 0.15) is 133 Å². The van der Waals surface area contributed by atoms with E-state index in [9.17, 15) is 4.79 Å². The third kappa shape index (κ3) is 10.0. The van der Waals surface area contributed by atoms with Crippen LogP contribution in [0.15, 0.2) is 29.3 Å². The quantitative estimate of drug-likeness (QED) is 0.185. The molecule has 0 spiro atoms. The molecule has 0 saturated carbocycles. The van der Waals surface area contributed by atoms with Crippen LogP contribution in [0.25, 0.3) is 0 Å². The molecule has 0 N–H and O–H groups in total. The molecule has 3 heteroatoms. The first-order chi connectivity index (χ1) is 15.0. The number of carbonyl (C=O) groups excluding carboxylic acids is 1. The predicted octanol–water partition coefficient (Wildman–Crippen LogP) is 8.30. The lowest BCUT2D eigenvalue weighted by atomic mass is 9.98. The van der Waals surface area contributed by atoms with Crippen molar-refractivity contribution in [2.45, 2.75) is 123 Å². The van der Waals surface area contributed by atoms with Gasteiger partial charge in [-0.15, -0.1) is 0 Å². The minimum absolute atomic E-state index is 0.208. The van der Waals surface area contributed by atoms with E-state index in [1.54, 1.807) is 0 Å². The molecular formula is C28H45NO2. The molecule has 174 valence electrons. The van der Waals surface area contributed by atoms with Gasteiger partial charge >= 0.3 is 0 Å². The molecule has 0 aliphatic carbocycles. The van der Waals surface area contributed by atoms with E-state index in [4.69, 9.17) is 4.74 Å². The first-order valence-corrected chi connectivity index (χ1v) is 12.9. The maximum atomic E-state index is 12.8. The Morgan fingerprint density at radius 3 is 1.87 bits per heavy atom. The Hall–Kier alpha value is -1.64. The van der Waals surface area contributed by atoms with Gasteiger partial charge in [-0.1, -0.05) is 109 Å². The highest BCUT2D eigenvalue weighted by molar-refractivity contribution is 6.08. The molecule has 1 aliphatic heterocycles. The second-order valence-electron chi connectivity index (χ2n) is 9.83. The fourth-order valence-electron chi connectivity index (χ4n) is 4.25. The third-order valence-corrected chi connectivity index (χ3v) is 6.18. The highest BCUT2D eigenvalue weighted by Gasteiger charge is 2.28. The van der Waals surface area contributed by atoms with Crippen LogP contribution >= 0.6 is 0 Å². The summed E-state index contributed by atoms with van der Waals surface area (Å²) in [6.07, 6.45) is 19.3. The fourth-order valence-corrected chi connectivity index (χ4v) is 4.25. The zero-order chi connectivity index (χ0) is 22.4. The van der Waals surface area contributed by atoms with E-state index < -0.39 is 0 Å². The molecule has 0 aromatic heterocycles. The molecule has 1 aromatic rings. The molecule has 3 nitrogen and oxygen atoms in total. The summed E-state index contributed by atoms with van der Waals surface area (Å²) in [6, 6.07) is 7.76. The van der Waals surface area contributed by atoms with Crippen LogP contribution in [-0.4, -0.2) is 23.8 Å². The Morgan fingerprint density at radius 1 is 0.839 bits per heavy atom. The summed E-state index contributed by atoms with van der Waals surface area (Å²) in [5.74, 6) is 0.834. The number of nitrogens with zero attached hydrogens (tertiary/aromatic N) is 1. The van der Waals surface area contributed by atoms with Gasteiger partial charge in [0.15, 0.2) is 5.78 Å². The minimum atomic E-state index is -0.208. The van der Waals surface area contributed by atoms with E-state index in [1.165, 1.54) is 77.0 Å². The van der Waals surface area contributed by atoms with Crippen LogP contribution in [-0.2, 0) is 4.74 Å². The van der Waals surface area contributed by atoms with E-state index in [0.717, 1.165) is 24.0 Å². The fraction of sp³-hybridized carbons (Fsp3) is 0.714. The van der Waals surface area contributed by atoms with Crippen molar-refractivity contribution < 1.29 is 9.53 Å². The van der Waals surface area contributed by atoms with E-state index in [1.807, 2.05) is 24.3 Å². The molecule has 31 heavy (non-hydrogen) atoms. The SMILES string of the molecule is CCCCCCCCCCCCCCCCC(=O)c1ccccc1C1=NC(C)(C)CO1. The number of ether oxygens (including phenoxy) is 1. The number of rotatable bonds is 17. The predicted molar refractivity (Wildman–Crippen MR) is 132 cm³/mol. The molecule has 0 fully saturated rings. The van der Waals surface area contributed by atoms with Gasteiger partial charge in [0, 0.05) is 17.5 Å². The van der Waals surface area contributed by atoms with Gasteiger partial charge in [-0.05, 0) is 26.3 Å². The minimum Gasteiger partial charge on any atom is -0.475 e. The Kier molecular flexibility index (Phi) is 11.9. The van der Waals surface area contributed by atoms with Crippen molar-refractivity contribution in [2.75, 3.05) is 6.61 Å². The second-order valence-corrected chi connectivity index (χ2v) is 9.83. The number of aliphatic imine (C=N–C) groups is 1. The highest BCUT2D eigenvalue weighted by Crippen LogP contribution is 2.24. The summed E-state index contributed by atoms with van der Waals surface area (Å²) in [5, 5.41) is 0. The van der Waals surface area contributed by atoms with Crippen LogP contribution in [0.5, 0.6) is 0 Å². The van der Waals surface area contributed by atoms with Gasteiger partial charge in [-0.25, -0.2) is 4.99 Å². The van der Waals surface area contributed by atoms with Crippen molar-refractivity contribution in [3.8, 4) is 0 Å². The van der Waals surface area contributed by atoms with Crippen molar-refractivity contribution in [3.63, 3.8) is 0 Å². The summed E-state index contributed by atoms with van der Waals surface area (Å²) in [7, 11) is 0. The molecule has 2 rings (SSSR count). The monoisotopic (exact) mass is 427 g/mol. The number of hydrogen-bond acceptors (Lipinski definition) is 3. The van der Waals surface area contributed by atoms with E-state index in [2.05, 4.69) is 25.8 Å². The molecule has 1 aliphatic rings. The van der Waals surface area contributed by atoms with Crippen LogP contribution < -0.4 is 0 Å². The lowest BCUT2D eigenvalue weighted by Crippen LogP contribution is -2.17. The van der Waals surface area contributed by atoms with Crippen LogP contribution in [0, 0.1) is 0 Å². The highest BCUT2D eigenvalue weighted by atomic mass is 16.5. The van der Waals surface area contributed by atoms with E-state index >= 15 is 0 Å². The van der Waals surface area contributed by atoms with Gasteiger partial charge in [0.25, 0.3) is 0 Å². The summed E-state index contributed by atoms with van der Waals surface area (Å²) < 4.78 is 5.77. The molecule has 1 aromatic carbocycles. The van der Waals surface area contributed by atoms with Crippen LogP contribution in [0.4, 0.5) is 0 Å². The summed E-state index contributed by atoms with van der Waals surface area (Å²) in [5.41, 5.74) is 1.40. The van der Waals surface area contributed by atoms with Crippen LogP contribution in [0.2, 0.25) is 0 Å². The largest absolute Gasteiger partial charge is 0.475 e. The van der Waals surface area contributed by atoms with Crippen molar-refractivity contribution in [1.82, 2.24) is 0 Å². The number of ketones is 1. The topological polar surface area (TPSA) is 38.7 Å². The normalized spacial score (nSPS) is 15.0. The maximum absolute atomic E-state index is 12.8. The van der Waals surface area contributed by atoms with Crippen molar-refractivity contribution >= 4 is 11.7 Å². The Bertz CT molecular complexity index is 677. The van der Waals surface area contributed by atoms with Crippen molar-refractivity contribution in [3.05, 3.63) is 35.4 Å². The van der Waals surface area contributed by atoms with Gasteiger partial charge in [0.05, 0.1) is 5.54 Å². The van der Waals surface area contributed by atoms with Gasteiger partial charge in [-0.3, -0.25) is 4.79 Å². The summed E-state index contributed by atoms with van der Waals surface area (Å²) in [4.78, 5) is 17.4. The third-order valence-electron chi connectivity index (χ3n) is 6.18. The number of benzene rings is 1. The molecule has 0 saturated heterocycles. The van der Waals surface area contributed by atoms with Gasteiger partial charge < -0.3 is 4.74 Å². The maximum Gasteiger partial charge on any atom is 0.217 e. The van der Waals surface area contributed by atoms with Crippen LogP contribution in [0.3, 0.4) is 0 Å². The molecule has 1 heterocycles. The number of Topliss-reactive ketones (excluding diaryl/α,β-unsaturated/α-hetero) is 1. The molecule has 0 radical (unpaired) electrons. The second kappa shape index (κ2) is 14.4. The molecule has 0 unspecified atom stereocenters. The lowest BCUT2D eigenvalue weighted by Gasteiger charge is -2.08. The Labute approximate surface area is 191 Å². The molecular weight excluding hydrogens is 382 g/mol. The Morgan fingerprint density at radius 2 is 1.35 bits per heavy atom. The smallest absolute Gasteiger partial charge is 0.217 e. The summed E-state index contributed by atoms with van der Waals surface area (Å²) >= 11 is 0. The van der Waals surface area contributed by atoms with Crippen molar-refractivity contribution in [1.29, 1.82) is 0 Å². The average Bonchev–Trinajstić information content (AvgIpc) is 3.13. The first kappa shape index (κ1) is 25.6. The van der Waals surface area contributed by atoms with Gasteiger partial charge in [0.1, 0.15) is 6.61 Å². The first-order valence-electron chi connectivity index (χ1n) is 12.9. The molecule has 0 bridgehead atoms. The van der Waals surface area contributed by atoms with Crippen molar-refractivity contribution in [2.24, 2.45) is 4.99 Å². The van der Waals surface area contributed by atoms with Gasteiger partial charge in [-0.2, -0.15) is 0 Å². The van der Waals surface area contributed by atoms with E-state index in [0.29, 0.717) is 18.9 Å². The average molecular weight is 428 g/mol. The molecule has 0 amide bonds. The number of hydrogen-bond donors (Lipinski definition) is 0. The zero-order valence-electron chi connectivity index (χ0n) is 20.4. The number of unbranched alkanes of at least 4 members (excludes halogenated alkanes) is 13. The summed E-state index contributed by atoms with van der Waals surface area (Å²) in [6.45, 7) is 6.96. The van der Waals surface area contributed by atoms with E-state index in [-0.39, 0.29) is 11.3 Å². The van der Waals surface area contributed by atoms with Gasteiger partial charge in [0.2, 0.25) is 5.90 Å². The number of carbonyl (C=O) groups is 1.